The lowest BCUT2D eigenvalue weighted by atomic mass is 10.0. The molecular formula is C40H63N7O4S2. The monoisotopic (exact) mass is 769 g/mol. The lowest BCUT2D eigenvalue weighted by molar-refractivity contribution is -0.123. The summed E-state index contributed by atoms with van der Waals surface area (Å²) in [7, 11) is 5.38. The fraction of sp³-hybridized carbons (Fsp3) is 0.650. The summed E-state index contributed by atoms with van der Waals surface area (Å²) < 4.78 is 7.85. The number of pyridine rings is 1. The van der Waals surface area contributed by atoms with Crippen LogP contribution in [0.3, 0.4) is 0 Å². The van der Waals surface area contributed by atoms with Crippen molar-refractivity contribution >= 4 is 72.5 Å². The fourth-order valence-electron chi connectivity index (χ4n) is 6.50. The lowest BCUT2D eigenvalue weighted by Crippen LogP contribution is -2.46. The molecule has 1 atom stereocenters. The van der Waals surface area contributed by atoms with Gasteiger partial charge in [0.05, 0.1) is 22.6 Å². The van der Waals surface area contributed by atoms with Gasteiger partial charge in [-0.2, -0.15) is 0 Å². The molecule has 0 bridgehead atoms. The van der Waals surface area contributed by atoms with Crippen molar-refractivity contribution in [1.29, 1.82) is 5.41 Å². The number of likely N-dealkylation sites (N-methyl/N-ethyl adjacent to an activating group) is 1. The van der Waals surface area contributed by atoms with Crippen LogP contribution in [-0.2, 0) is 32.3 Å². The number of amides is 1. The van der Waals surface area contributed by atoms with E-state index >= 15 is 0 Å². The van der Waals surface area contributed by atoms with Gasteiger partial charge in [-0.15, -0.1) is 0 Å². The summed E-state index contributed by atoms with van der Waals surface area (Å²) in [4.78, 5) is 46.2. The van der Waals surface area contributed by atoms with Crippen molar-refractivity contribution in [3.8, 4) is 0 Å². The molecule has 2 heterocycles. The summed E-state index contributed by atoms with van der Waals surface area (Å²) in [6, 6.07) is 7.84. The summed E-state index contributed by atoms with van der Waals surface area (Å²) in [6.45, 7) is 9.01. The quantitative estimate of drug-likeness (QED) is 0.0307. The van der Waals surface area contributed by atoms with E-state index in [-0.39, 0.29) is 17.7 Å². The van der Waals surface area contributed by atoms with Crippen molar-refractivity contribution in [2.75, 3.05) is 30.9 Å². The second-order valence-electron chi connectivity index (χ2n) is 14.5. The number of carbonyl (C=O) groups excluding carboxylic acids is 3. The van der Waals surface area contributed by atoms with E-state index in [1.54, 1.807) is 28.5 Å². The third-order valence-corrected chi connectivity index (χ3v) is 11.8. The van der Waals surface area contributed by atoms with E-state index in [0.717, 1.165) is 110 Å². The summed E-state index contributed by atoms with van der Waals surface area (Å²) in [6.07, 6.45) is 11.8. The number of anilines is 1. The first-order valence-electron chi connectivity index (χ1n) is 19.4. The normalized spacial score (nSPS) is 12.4. The van der Waals surface area contributed by atoms with E-state index in [1.165, 1.54) is 0 Å². The average molecular weight is 770 g/mol. The summed E-state index contributed by atoms with van der Waals surface area (Å²) in [5.74, 6) is 3.46. The Morgan fingerprint density at radius 3 is 2.34 bits per heavy atom. The number of hydrogen-bond donors (Lipinski definition) is 4. The Hall–Kier alpha value is -3.00. The number of ether oxygens (including phenoxy) is 1. The zero-order valence-electron chi connectivity index (χ0n) is 32.7. The van der Waals surface area contributed by atoms with E-state index in [1.807, 2.05) is 52.1 Å². The van der Waals surface area contributed by atoms with E-state index in [4.69, 9.17) is 20.9 Å². The van der Waals surface area contributed by atoms with Crippen LogP contribution in [0, 0.1) is 5.41 Å². The minimum atomic E-state index is -0.550. The molecule has 0 radical (unpaired) electrons. The number of unbranched alkanes of at least 4 members (excludes halogenated alkanes) is 5. The van der Waals surface area contributed by atoms with Crippen LogP contribution in [0.25, 0.3) is 21.9 Å². The molecular weight excluding hydrogens is 707 g/mol. The van der Waals surface area contributed by atoms with Crippen molar-refractivity contribution in [3.63, 3.8) is 0 Å². The number of para-hydroxylation sites is 1. The Morgan fingerprint density at radius 2 is 1.60 bits per heavy atom. The molecule has 0 aliphatic carbocycles. The Labute approximate surface area is 324 Å². The third-order valence-electron chi connectivity index (χ3n) is 9.33. The molecule has 0 spiro atoms. The van der Waals surface area contributed by atoms with Crippen LogP contribution < -0.4 is 16.4 Å². The second-order valence-corrected chi connectivity index (χ2v) is 17.2. The van der Waals surface area contributed by atoms with Gasteiger partial charge in [-0.25, -0.2) is 9.97 Å². The standard InChI is InChI=1S/C40H63N7O4S2/c1-6-51-27-35-45-37-38(32-20-14-15-22-34(32)44-39(37)42)47(35)28-40(3,4)46-36(50)23-13-8-7-11-19-31(49)24-26-53-52-25-16-18-30(41)17-10-9-12-21-33(43-5)29(2)48/h14-15,20,22,33,41,43H,6-13,16-19,21,23-28H2,1-5H3,(H2,42,44)(H,46,50). The Bertz CT molecular complexity index is 1630. The fourth-order valence-corrected chi connectivity index (χ4v) is 8.62. The minimum absolute atomic E-state index is 0.0137. The van der Waals surface area contributed by atoms with Gasteiger partial charge < -0.3 is 31.1 Å². The highest BCUT2D eigenvalue weighted by Gasteiger charge is 2.26. The average Bonchev–Trinajstić information content (AvgIpc) is 3.47. The molecule has 0 fully saturated rings. The summed E-state index contributed by atoms with van der Waals surface area (Å²) >= 11 is 0. The largest absolute Gasteiger partial charge is 0.382 e. The number of nitrogen functional groups attached to an aromatic ring is 1. The number of benzene rings is 1. The molecule has 2 aromatic heterocycles. The van der Waals surface area contributed by atoms with Crippen LogP contribution in [0.2, 0.25) is 0 Å². The van der Waals surface area contributed by atoms with Gasteiger partial charge in [-0.3, -0.25) is 14.4 Å². The number of nitrogens with two attached hydrogens (primary N) is 1. The Balaban J connectivity index is 1.25. The molecule has 13 heteroatoms. The number of rotatable bonds is 29. The first-order valence-corrected chi connectivity index (χ1v) is 21.9. The maximum Gasteiger partial charge on any atom is 0.220 e. The van der Waals surface area contributed by atoms with Gasteiger partial charge in [0.15, 0.2) is 5.82 Å². The highest BCUT2D eigenvalue weighted by Crippen LogP contribution is 2.30. The summed E-state index contributed by atoms with van der Waals surface area (Å²) in [5.41, 5.74) is 8.94. The molecule has 5 N–H and O–H groups in total. The van der Waals surface area contributed by atoms with Crippen molar-refractivity contribution < 1.29 is 19.1 Å². The van der Waals surface area contributed by atoms with Crippen LogP contribution in [0.4, 0.5) is 5.82 Å². The Morgan fingerprint density at radius 1 is 0.925 bits per heavy atom. The highest BCUT2D eigenvalue weighted by atomic mass is 33.1. The van der Waals surface area contributed by atoms with Gasteiger partial charge in [-0.1, -0.05) is 65.5 Å². The minimum Gasteiger partial charge on any atom is -0.382 e. The van der Waals surface area contributed by atoms with E-state index in [0.29, 0.717) is 56.1 Å². The molecule has 53 heavy (non-hydrogen) atoms. The predicted octanol–water partition coefficient (Wildman–Crippen LogP) is 8.21. The predicted molar refractivity (Wildman–Crippen MR) is 223 cm³/mol. The van der Waals surface area contributed by atoms with Gasteiger partial charge >= 0.3 is 0 Å². The highest BCUT2D eigenvalue weighted by molar-refractivity contribution is 8.76. The molecule has 3 aromatic rings. The van der Waals surface area contributed by atoms with Crippen molar-refractivity contribution in [2.45, 2.75) is 142 Å². The number of nitrogens with zero attached hydrogens (tertiary/aromatic N) is 3. The molecule has 0 saturated carbocycles. The van der Waals surface area contributed by atoms with Crippen LogP contribution in [0.1, 0.15) is 123 Å². The van der Waals surface area contributed by atoms with Crippen LogP contribution >= 0.6 is 21.6 Å². The number of hydrogen-bond acceptors (Lipinski definition) is 11. The van der Waals surface area contributed by atoms with Gasteiger partial charge in [0.2, 0.25) is 5.91 Å². The summed E-state index contributed by atoms with van der Waals surface area (Å²) in [5, 5.41) is 15.4. The SMILES string of the molecule is CCOCc1nc2c(N)nc3ccccc3c2n1CC(C)(C)NC(=O)CCCCCCC(=O)CCSSCCCC(=N)CCCCCC(NC)C(C)=O. The van der Waals surface area contributed by atoms with Crippen LogP contribution in [0.15, 0.2) is 24.3 Å². The van der Waals surface area contributed by atoms with Crippen molar-refractivity contribution in [3.05, 3.63) is 30.1 Å². The number of aromatic nitrogens is 3. The van der Waals surface area contributed by atoms with Crippen LogP contribution in [0.5, 0.6) is 0 Å². The van der Waals surface area contributed by atoms with Gasteiger partial charge in [0.25, 0.3) is 0 Å². The molecule has 1 amide bonds. The molecule has 0 aliphatic heterocycles. The van der Waals surface area contributed by atoms with Gasteiger partial charge in [-0.05, 0) is 85.8 Å². The molecule has 1 aromatic carbocycles. The first kappa shape index (κ1) is 44.4. The topological polar surface area (TPSA) is 165 Å². The maximum atomic E-state index is 13.0. The zero-order valence-corrected chi connectivity index (χ0v) is 34.3. The first-order chi connectivity index (χ1) is 25.5. The molecule has 0 saturated heterocycles. The molecule has 3 rings (SSSR count). The number of ketones is 2. The Kier molecular flexibility index (Phi) is 19.9. The molecule has 0 aliphatic rings. The molecule has 1 unspecified atom stereocenters. The van der Waals surface area contributed by atoms with Gasteiger partial charge in [0.1, 0.15) is 29.5 Å². The van der Waals surface area contributed by atoms with E-state index < -0.39 is 5.54 Å². The number of nitrogens with one attached hydrogen (secondary N) is 3. The van der Waals surface area contributed by atoms with E-state index in [2.05, 4.69) is 20.2 Å². The van der Waals surface area contributed by atoms with E-state index in [9.17, 15) is 14.4 Å². The second kappa shape index (κ2) is 23.7. The zero-order chi connectivity index (χ0) is 38.6. The number of imidazole rings is 1. The molecule has 294 valence electrons. The maximum absolute atomic E-state index is 13.0. The third kappa shape index (κ3) is 15.7. The number of Topliss-reactive ketones (excluding diaryl/α,β-unsaturated/α-hetero) is 2. The number of fused-ring (bicyclic) bond motifs is 3. The number of carbonyl (C=O) groups is 3. The lowest BCUT2D eigenvalue weighted by Gasteiger charge is -2.28. The van der Waals surface area contributed by atoms with Crippen molar-refractivity contribution in [2.24, 2.45) is 0 Å². The smallest absolute Gasteiger partial charge is 0.220 e. The van der Waals surface area contributed by atoms with Gasteiger partial charge in [0, 0.05) is 55.0 Å². The molecule has 11 nitrogen and oxygen atoms in total. The van der Waals surface area contributed by atoms with Crippen molar-refractivity contribution in [1.82, 2.24) is 25.2 Å². The van der Waals surface area contributed by atoms with Crippen LogP contribution in [-0.4, -0.2) is 74.5 Å².